The Bertz CT molecular complexity index is 527. The maximum absolute atomic E-state index is 11.8. The third-order valence-corrected chi connectivity index (χ3v) is 3.87. The first-order valence-corrected chi connectivity index (χ1v) is 8.34. The second-order valence-electron chi connectivity index (χ2n) is 5.75. The number of carbonyl (C=O) groups excluding carboxylic acids is 2. The molecule has 24 heavy (non-hydrogen) atoms. The molecule has 1 saturated heterocycles. The summed E-state index contributed by atoms with van der Waals surface area (Å²) in [5, 5.41) is 7.85. The first-order chi connectivity index (χ1) is 11.7. The summed E-state index contributed by atoms with van der Waals surface area (Å²) < 4.78 is 4.82. The third-order valence-electron chi connectivity index (χ3n) is 3.87. The first-order valence-electron chi connectivity index (χ1n) is 8.34. The number of carbonyl (C=O) groups is 2. The number of hydrogen-bond acceptors (Lipinski definition) is 4. The van der Waals surface area contributed by atoms with Gasteiger partial charge in [-0.2, -0.15) is 0 Å². The van der Waals surface area contributed by atoms with E-state index < -0.39 is 0 Å². The molecule has 7 nitrogen and oxygen atoms in total. The first kappa shape index (κ1) is 18.1. The molecule has 0 bridgehead atoms. The van der Waals surface area contributed by atoms with E-state index in [1.807, 2.05) is 24.3 Å². The standard InChI is InChI=1S/C17H26N4O3/c1-24-12-9-18-17(23)19-13-16(22)20-14-5-7-15(8-6-14)21-10-3-2-4-11-21/h5-8H,2-4,9-13H2,1H3,(H,20,22)(H2,18,19,23). The summed E-state index contributed by atoms with van der Waals surface area (Å²) in [6.45, 7) is 2.94. The lowest BCUT2D eigenvalue weighted by Crippen LogP contribution is -2.41. The number of nitrogens with zero attached hydrogens (tertiary/aromatic N) is 1. The third kappa shape index (κ3) is 6.08. The van der Waals surface area contributed by atoms with E-state index in [0.717, 1.165) is 18.8 Å². The van der Waals surface area contributed by atoms with Crippen molar-refractivity contribution in [1.82, 2.24) is 10.6 Å². The molecule has 1 heterocycles. The lowest BCUT2D eigenvalue weighted by atomic mass is 10.1. The van der Waals surface area contributed by atoms with E-state index in [4.69, 9.17) is 4.74 Å². The molecule has 132 valence electrons. The number of urea groups is 1. The van der Waals surface area contributed by atoms with E-state index in [1.165, 1.54) is 24.9 Å². The normalized spacial score (nSPS) is 14.1. The summed E-state index contributed by atoms with van der Waals surface area (Å²) in [6, 6.07) is 7.43. The van der Waals surface area contributed by atoms with Gasteiger partial charge in [0.15, 0.2) is 0 Å². The van der Waals surface area contributed by atoms with Crippen LogP contribution < -0.4 is 20.9 Å². The van der Waals surface area contributed by atoms with E-state index >= 15 is 0 Å². The molecule has 1 aliphatic heterocycles. The highest BCUT2D eigenvalue weighted by atomic mass is 16.5. The largest absolute Gasteiger partial charge is 0.383 e. The number of rotatable bonds is 7. The fourth-order valence-electron chi connectivity index (χ4n) is 2.60. The molecule has 3 N–H and O–H groups in total. The van der Waals surface area contributed by atoms with Crippen LogP contribution in [0.4, 0.5) is 16.2 Å². The fourth-order valence-corrected chi connectivity index (χ4v) is 2.60. The molecule has 0 atom stereocenters. The van der Waals surface area contributed by atoms with Gasteiger partial charge in [-0.1, -0.05) is 0 Å². The van der Waals surface area contributed by atoms with Gasteiger partial charge >= 0.3 is 6.03 Å². The van der Waals surface area contributed by atoms with Crippen LogP contribution in [0.25, 0.3) is 0 Å². The molecular formula is C17H26N4O3. The van der Waals surface area contributed by atoms with Crippen molar-refractivity contribution in [2.75, 3.05) is 50.1 Å². The van der Waals surface area contributed by atoms with Gasteiger partial charge in [-0.3, -0.25) is 4.79 Å². The average Bonchev–Trinajstić information content (AvgIpc) is 2.62. The molecule has 0 saturated carbocycles. The van der Waals surface area contributed by atoms with Crippen LogP contribution in [0.1, 0.15) is 19.3 Å². The zero-order valence-corrected chi connectivity index (χ0v) is 14.1. The fraction of sp³-hybridized carbons (Fsp3) is 0.529. The second-order valence-corrected chi connectivity index (χ2v) is 5.75. The minimum absolute atomic E-state index is 0.0767. The average molecular weight is 334 g/mol. The molecule has 1 fully saturated rings. The van der Waals surface area contributed by atoms with Crippen molar-refractivity contribution in [1.29, 1.82) is 0 Å². The maximum atomic E-state index is 11.8. The van der Waals surface area contributed by atoms with Gasteiger partial charge in [-0.05, 0) is 43.5 Å². The Hall–Kier alpha value is -2.28. The molecule has 0 radical (unpaired) electrons. The molecule has 0 unspecified atom stereocenters. The number of hydrogen-bond donors (Lipinski definition) is 3. The van der Waals surface area contributed by atoms with Crippen LogP contribution in [0.5, 0.6) is 0 Å². The predicted octanol–water partition coefficient (Wildman–Crippen LogP) is 1.56. The molecule has 3 amide bonds. The predicted molar refractivity (Wildman–Crippen MR) is 94.4 cm³/mol. The zero-order chi connectivity index (χ0) is 17.2. The summed E-state index contributed by atoms with van der Waals surface area (Å²) in [6.07, 6.45) is 3.77. The minimum Gasteiger partial charge on any atom is -0.383 e. The Morgan fingerprint density at radius 2 is 1.79 bits per heavy atom. The molecule has 1 aromatic carbocycles. The number of nitrogens with one attached hydrogen (secondary N) is 3. The van der Waals surface area contributed by atoms with E-state index in [9.17, 15) is 9.59 Å². The molecular weight excluding hydrogens is 308 g/mol. The number of ether oxygens (including phenoxy) is 1. The van der Waals surface area contributed by atoms with Gasteiger partial charge in [-0.15, -0.1) is 0 Å². The second kappa shape index (κ2) is 9.77. The number of methoxy groups -OCH3 is 1. The van der Waals surface area contributed by atoms with Gasteiger partial charge in [0.2, 0.25) is 5.91 Å². The lowest BCUT2D eigenvalue weighted by Gasteiger charge is -2.28. The molecule has 0 spiro atoms. The molecule has 7 heteroatoms. The lowest BCUT2D eigenvalue weighted by molar-refractivity contribution is -0.115. The van der Waals surface area contributed by atoms with Crippen LogP contribution in [0.15, 0.2) is 24.3 Å². The van der Waals surface area contributed by atoms with Crippen molar-refractivity contribution < 1.29 is 14.3 Å². The van der Waals surface area contributed by atoms with Crippen molar-refractivity contribution >= 4 is 23.3 Å². The van der Waals surface area contributed by atoms with Crippen molar-refractivity contribution in [3.63, 3.8) is 0 Å². The van der Waals surface area contributed by atoms with Gasteiger partial charge in [0, 0.05) is 38.1 Å². The smallest absolute Gasteiger partial charge is 0.315 e. The Balaban J connectivity index is 1.72. The van der Waals surface area contributed by atoms with E-state index in [-0.39, 0.29) is 18.5 Å². The number of amides is 3. The van der Waals surface area contributed by atoms with E-state index in [2.05, 4.69) is 20.9 Å². The Labute approximate surface area is 142 Å². The number of piperidine rings is 1. The zero-order valence-electron chi connectivity index (χ0n) is 14.1. The topological polar surface area (TPSA) is 82.7 Å². The molecule has 1 aliphatic rings. The number of benzene rings is 1. The van der Waals surface area contributed by atoms with E-state index in [1.54, 1.807) is 7.11 Å². The van der Waals surface area contributed by atoms with Crippen molar-refractivity contribution in [3.05, 3.63) is 24.3 Å². The van der Waals surface area contributed by atoms with Gasteiger partial charge in [0.05, 0.1) is 13.2 Å². The highest BCUT2D eigenvalue weighted by Gasteiger charge is 2.11. The van der Waals surface area contributed by atoms with Crippen LogP contribution in [-0.2, 0) is 9.53 Å². The highest BCUT2D eigenvalue weighted by molar-refractivity contribution is 5.94. The summed E-state index contributed by atoms with van der Waals surface area (Å²) in [5.74, 6) is -0.261. The van der Waals surface area contributed by atoms with Crippen molar-refractivity contribution in [2.45, 2.75) is 19.3 Å². The van der Waals surface area contributed by atoms with E-state index in [0.29, 0.717) is 13.2 Å². The highest BCUT2D eigenvalue weighted by Crippen LogP contribution is 2.21. The van der Waals surface area contributed by atoms with Crippen LogP contribution in [0, 0.1) is 0 Å². The monoisotopic (exact) mass is 334 g/mol. The van der Waals surface area contributed by atoms with Crippen LogP contribution in [-0.4, -0.2) is 51.8 Å². The van der Waals surface area contributed by atoms with Crippen molar-refractivity contribution in [2.24, 2.45) is 0 Å². The van der Waals surface area contributed by atoms with Crippen LogP contribution in [0.2, 0.25) is 0 Å². The Morgan fingerprint density at radius 3 is 2.46 bits per heavy atom. The van der Waals surface area contributed by atoms with Gasteiger partial charge < -0.3 is 25.6 Å². The van der Waals surface area contributed by atoms with Gasteiger partial charge in [0.1, 0.15) is 0 Å². The summed E-state index contributed by atoms with van der Waals surface area (Å²) in [5.41, 5.74) is 1.91. The number of anilines is 2. The molecule has 0 aliphatic carbocycles. The van der Waals surface area contributed by atoms with Crippen LogP contribution in [0.3, 0.4) is 0 Å². The summed E-state index contributed by atoms with van der Waals surface area (Å²) >= 11 is 0. The Morgan fingerprint density at radius 1 is 1.08 bits per heavy atom. The summed E-state index contributed by atoms with van der Waals surface area (Å²) in [7, 11) is 1.56. The van der Waals surface area contributed by atoms with Gasteiger partial charge in [-0.25, -0.2) is 4.79 Å². The Kier molecular flexibility index (Phi) is 7.35. The summed E-state index contributed by atoms with van der Waals surface area (Å²) in [4.78, 5) is 25.6. The quantitative estimate of drug-likeness (QED) is 0.661. The molecule has 1 aromatic rings. The maximum Gasteiger partial charge on any atom is 0.315 e. The van der Waals surface area contributed by atoms with Crippen LogP contribution >= 0.6 is 0 Å². The van der Waals surface area contributed by atoms with Crippen molar-refractivity contribution in [3.8, 4) is 0 Å². The molecule has 0 aromatic heterocycles. The van der Waals surface area contributed by atoms with Gasteiger partial charge in [0.25, 0.3) is 0 Å². The minimum atomic E-state index is -0.386. The molecule has 2 rings (SSSR count). The SMILES string of the molecule is COCCNC(=O)NCC(=O)Nc1ccc(N2CCCCC2)cc1.